The minimum atomic E-state index is 0.770. The molecule has 0 unspecified atom stereocenters. The van der Waals surface area contributed by atoms with E-state index in [0.29, 0.717) is 0 Å². The van der Waals surface area contributed by atoms with Crippen LogP contribution in [0.4, 0.5) is 10.8 Å². The molecule has 1 aliphatic heterocycles. The van der Waals surface area contributed by atoms with Crippen molar-refractivity contribution < 1.29 is 0 Å². The number of nitrogens with one attached hydrogen (secondary N) is 1. The summed E-state index contributed by atoms with van der Waals surface area (Å²) in [6, 6.07) is 6.33. The largest absolute Gasteiger partial charge is 0.367 e. The van der Waals surface area contributed by atoms with Gasteiger partial charge in [0.1, 0.15) is 5.52 Å². The molecule has 2 aromatic rings. The number of nitrogen functional groups attached to an aromatic ring is 1. The lowest BCUT2D eigenvalue weighted by atomic mass is 10.2. The van der Waals surface area contributed by atoms with Gasteiger partial charge in [-0.05, 0) is 19.2 Å². The minimum absolute atomic E-state index is 0.770. The van der Waals surface area contributed by atoms with Crippen LogP contribution in [-0.2, 0) is 0 Å². The number of hydrogen-bond donors (Lipinski definition) is 2. The number of fused-ring (bicyclic) bond motifs is 1. The smallest absolute Gasteiger partial charge is 0.198 e. The predicted molar refractivity (Wildman–Crippen MR) is 77.1 cm³/mol. The Balaban J connectivity index is 1.98. The number of para-hydroxylation sites is 1. The molecule has 0 bridgehead atoms. The van der Waals surface area contributed by atoms with Crippen molar-refractivity contribution in [1.82, 2.24) is 9.88 Å². The van der Waals surface area contributed by atoms with Gasteiger partial charge in [0, 0.05) is 26.2 Å². The number of hydrogen-bond acceptors (Lipinski definition) is 6. The number of benzene rings is 1. The first-order valence-electron chi connectivity index (χ1n) is 6.07. The average molecular weight is 263 g/mol. The molecule has 0 atom stereocenters. The molecule has 1 aromatic heterocycles. The van der Waals surface area contributed by atoms with Crippen molar-refractivity contribution in [3.63, 3.8) is 0 Å². The highest BCUT2D eigenvalue weighted by Crippen LogP contribution is 2.32. The highest BCUT2D eigenvalue weighted by Gasteiger charge is 2.17. The van der Waals surface area contributed by atoms with Gasteiger partial charge in [-0.15, -0.1) is 0 Å². The number of anilines is 2. The van der Waals surface area contributed by atoms with Crippen LogP contribution in [0, 0.1) is 0 Å². The Labute approximate surface area is 110 Å². The summed E-state index contributed by atoms with van der Waals surface area (Å²) in [5.74, 6) is 5.44. The number of likely N-dealkylation sites (N-methyl/N-ethyl adjacent to an activating group) is 1. The van der Waals surface area contributed by atoms with E-state index in [-0.39, 0.29) is 0 Å². The van der Waals surface area contributed by atoms with Crippen LogP contribution in [0.1, 0.15) is 0 Å². The van der Waals surface area contributed by atoms with Crippen molar-refractivity contribution in [1.29, 1.82) is 0 Å². The Kier molecular flexibility index (Phi) is 3.07. The fraction of sp³-hybridized carbons (Fsp3) is 0.417. The first-order valence-corrected chi connectivity index (χ1v) is 6.89. The van der Waals surface area contributed by atoms with E-state index >= 15 is 0 Å². The zero-order valence-electron chi connectivity index (χ0n) is 10.4. The summed E-state index contributed by atoms with van der Waals surface area (Å²) in [5.41, 5.74) is 4.91. The number of rotatable bonds is 2. The molecule has 2 heterocycles. The number of nitrogens with two attached hydrogens (primary N) is 1. The van der Waals surface area contributed by atoms with Crippen LogP contribution in [-0.4, -0.2) is 43.1 Å². The molecule has 0 saturated carbocycles. The van der Waals surface area contributed by atoms with Crippen molar-refractivity contribution in [2.24, 2.45) is 5.84 Å². The van der Waals surface area contributed by atoms with Gasteiger partial charge < -0.3 is 9.80 Å². The lowest BCUT2D eigenvalue weighted by Crippen LogP contribution is -2.44. The first kappa shape index (κ1) is 11.7. The molecule has 0 spiro atoms. The topological polar surface area (TPSA) is 57.4 Å². The Bertz CT molecular complexity index is 544. The number of nitrogens with zero attached hydrogens (tertiary/aromatic N) is 3. The van der Waals surface area contributed by atoms with Gasteiger partial charge >= 0.3 is 0 Å². The molecular formula is C12H17N5S. The third-order valence-corrected chi connectivity index (χ3v) is 4.32. The van der Waals surface area contributed by atoms with E-state index in [0.717, 1.165) is 36.8 Å². The third-order valence-electron chi connectivity index (χ3n) is 3.37. The second-order valence-electron chi connectivity index (χ2n) is 4.58. The van der Waals surface area contributed by atoms with E-state index in [1.807, 2.05) is 0 Å². The monoisotopic (exact) mass is 263 g/mol. The van der Waals surface area contributed by atoms with Gasteiger partial charge in [0.05, 0.1) is 10.4 Å². The van der Waals surface area contributed by atoms with Crippen molar-refractivity contribution in [2.45, 2.75) is 0 Å². The van der Waals surface area contributed by atoms with E-state index in [4.69, 9.17) is 5.84 Å². The quantitative estimate of drug-likeness (QED) is 0.632. The van der Waals surface area contributed by atoms with E-state index in [1.165, 1.54) is 10.4 Å². The van der Waals surface area contributed by atoms with Crippen LogP contribution in [0.5, 0.6) is 0 Å². The Hall–Kier alpha value is -1.37. The third kappa shape index (κ3) is 2.03. The zero-order chi connectivity index (χ0) is 12.5. The molecule has 0 aliphatic carbocycles. The molecule has 5 nitrogen and oxygen atoms in total. The Morgan fingerprint density at radius 2 is 2.06 bits per heavy atom. The van der Waals surface area contributed by atoms with E-state index in [9.17, 15) is 0 Å². The zero-order valence-corrected chi connectivity index (χ0v) is 11.2. The molecule has 1 aromatic carbocycles. The molecular weight excluding hydrogens is 246 g/mol. The summed E-state index contributed by atoms with van der Waals surface area (Å²) in [4.78, 5) is 9.31. The molecule has 1 fully saturated rings. The van der Waals surface area contributed by atoms with Crippen LogP contribution in [0.2, 0.25) is 0 Å². The van der Waals surface area contributed by atoms with E-state index in [2.05, 4.69) is 45.5 Å². The summed E-state index contributed by atoms with van der Waals surface area (Å²) >= 11 is 1.59. The lowest BCUT2D eigenvalue weighted by Gasteiger charge is -2.34. The summed E-state index contributed by atoms with van der Waals surface area (Å²) < 4.78 is 1.18. The summed E-state index contributed by atoms with van der Waals surface area (Å²) in [5, 5.41) is 0.770. The van der Waals surface area contributed by atoms with E-state index < -0.39 is 0 Å². The maximum Gasteiger partial charge on any atom is 0.198 e. The summed E-state index contributed by atoms with van der Waals surface area (Å²) in [7, 11) is 2.16. The van der Waals surface area contributed by atoms with Gasteiger partial charge in [0.15, 0.2) is 5.13 Å². The maximum atomic E-state index is 5.44. The highest BCUT2D eigenvalue weighted by molar-refractivity contribution is 7.22. The standard InChI is InChI=1S/C12H17N5S/c1-16-5-7-17(8-6-16)9-3-2-4-10-11(9)14-12(15-13)18-10/h2-4H,5-8,13H2,1H3,(H,14,15). The Morgan fingerprint density at radius 3 is 2.78 bits per heavy atom. The van der Waals surface area contributed by atoms with Crippen LogP contribution in [0.15, 0.2) is 18.2 Å². The maximum absolute atomic E-state index is 5.44. The minimum Gasteiger partial charge on any atom is -0.367 e. The number of aromatic nitrogens is 1. The van der Waals surface area contributed by atoms with Crippen LogP contribution in [0.3, 0.4) is 0 Å². The van der Waals surface area contributed by atoms with Gasteiger partial charge in [-0.2, -0.15) is 0 Å². The Morgan fingerprint density at radius 1 is 1.28 bits per heavy atom. The van der Waals surface area contributed by atoms with Crippen LogP contribution < -0.4 is 16.2 Å². The predicted octanol–water partition coefficient (Wildman–Crippen LogP) is 1.33. The molecule has 1 saturated heterocycles. The molecule has 3 N–H and O–H groups in total. The SMILES string of the molecule is CN1CCN(c2cccc3sc(NN)nc23)CC1. The first-order chi connectivity index (χ1) is 8.78. The number of thiazole rings is 1. The fourth-order valence-corrected chi connectivity index (χ4v) is 3.10. The second kappa shape index (κ2) is 4.72. The molecule has 1 aliphatic rings. The molecule has 0 amide bonds. The lowest BCUT2D eigenvalue weighted by molar-refractivity contribution is 0.313. The van der Waals surface area contributed by atoms with Gasteiger partial charge in [0.2, 0.25) is 0 Å². The second-order valence-corrected chi connectivity index (χ2v) is 5.61. The van der Waals surface area contributed by atoms with Crippen molar-refractivity contribution in [2.75, 3.05) is 43.6 Å². The molecule has 96 valence electrons. The van der Waals surface area contributed by atoms with Gasteiger partial charge in [-0.3, -0.25) is 5.43 Å². The number of piperazine rings is 1. The summed E-state index contributed by atoms with van der Waals surface area (Å²) in [6.07, 6.45) is 0. The number of hydrazine groups is 1. The summed E-state index contributed by atoms with van der Waals surface area (Å²) in [6.45, 7) is 4.31. The molecule has 0 radical (unpaired) electrons. The van der Waals surface area contributed by atoms with Gasteiger partial charge in [0.25, 0.3) is 0 Å². The van der Waals surface area contributed by atoms with Crippen LogP contribution >= 0.6 is 11.3 Å². The van der Waals surface area contributed by atoms with Crippen molar-refractivity contribution in [3.05, 3.63) is 18.2 Å². The van der Waals surface area contributed by atoms with Crippen molar-refractivity contribution in [3.8, 4) is 0 Å². The molecule has 3 rings (SSSR count). The van der Waals surface area contributed by atoms with Crippen molar-refractivity contribution >= 4 is 32.4 Å². The van der Waals surface area contributed by atoms with Gasteiger partial charge in [-0.1, -0.05) is 17.4 Å². The van der Waals surface area contributed by atoms with Gasteiger partial charge in [-0.25, -0.2) is 10.8 Å². The highest BCUT2D eigenvalue weighted by atomic mass is 32.1. The normalized spacial score (nSPS) is 17.3. The molecule has 18 heavy (non-hydrogen) atoms. The fourth-order valence-electron chi connectivity index (χ4n) is 2.30. The van der Waals surface area contributed by atoms with E-state index in [1.54, 1.807) is 11.3 Å². The molecule has 6 heteroatoms. The van der Waals surface area contributed by atoms with Crippen LogP contribution in [0.25, 0.3) is 10.2 Å². The average Bonchev–Trinajstić information content (AvgIpc) is 2.82.